The minimum Gasteiger partial charge on any atom is -0.478 e. The van der Waals surface area contributed by atoms with Crippen molar-refractivity contribution in [3.8, 4) is 0 Å². The Hall–Kier alpha value is -3.61. The number of dihydropyridines is 1. The van der Waals surface area contributed by atoms with Gasteiger partial charge in [0.2, 0.25) is 5.91 Å². The van der Waals surface area contributed by atoms with Crippen LogP contribution < -0.4 is 0 Å². The molecule has 7 nitrogen and oxygen atoms in total. The molecule has 2 amide bonds. The number of nitrogens with zero attached hydrogens (tertiary/aromatic N) is 2. The van der Waals surface area contributed by atoms with Crippen molar-refractivity contribution in [1.82, 2.24) is 4.90 Å². The number of ketones is 1. The lowest BCUT2D eigenvalue weighted by molar-refractivity contribution is -0.134. The summed E-state index contributed by atoms with van der Waals surface area (Å²) in [4.78, 5) is 55.3. The second-order valence-corrected chi connectivity index (χ2v) is 10.2. The highest BCUT2D eigenvalue weighted by atomic mass is 16.4. The van der Waals surface area contributed by atoms with Crippen molar-refractivity contribution < 1.29 is 24.3 Å². The van der Waals surface area contributed by atoms with Crippen molar-refractivity contribution in [3.05, 3.63) is 71.3 Å². The highest BCUT2D eigenvalue weighted by Gasteiger charge is 2.33. The number of aromatic carboxylic acids is 1. The first-order chi connectivity index (χ1) is 16.6. The Morgan fingerprint density at radius 1 is 1.06 bits per heavy atom. The average molecular weight is 475 g/mol. The van der Waals surface area contributed by atoms with Gasteiger partial charge in [0.05, 0.1) is 11.5 Å². The molecule has 0 radical (unpaired) electrons. The molecule has 2 aliphatic heterocycles. The summed E-state index contributed by atoms with van der Waals surface area (Å²) >= 11 is 0. The van der Waals surface area contributed by atoms with E-state index in [4.69, 9.17) is 5.11 Å². The number of fused-ring (bicyclic) bond motifs is 1. The standard InChI is InChI=1S/C28H30N2O5/c1-28(2,16-22-15-21-5-3-4-6-23(21)26(33)29-22)17-24(31)30-13-11-19(12-14-30)25(32)18-7-9-20(10-8-18)27(34)35/h3-10,15,19,23H,11-14,16-17H2,1-2H3,(H,34,35). The van der Waals surface area contributed by atoms with Gasteiger partial charge in [0, 0.05) is 36.7 Å². The molecule has 1 aliphatic carbocycles. The van der Waals surface area contributed by atoms with Crippen LogP contribution in [0.15, 0.2) is 65.2 Å². The quantitative estimate of drug-likeness (QED) is 0.595. The number of hydrogen-bond donors (Lipinski definition) is 1. The molecule has 0 bridgehead atoms. The van der Waals surface area contributed by atoms with Gasteiger partial charge in [-0.25, -0.2) is 9.79 Å². The van der Waals surface area contributed by atoms with E-state index in [0.717, 1.165) is 5.57 Å². The number of aliphatic imine (C=N–C) groups is 1. The lowest BCUT2D eigenvalue weighted by Crippen LogP contribution is -2.42. The summed E-state index contributed by atoms with van der Waals surface area (Å²) in [6.07, 6.45) is 11.5. The number of Topliss-reactive ketones (excluding diaryl/α,β-unsaturated/α-hetero) is 1. The van der Waals surface area contributed by atoms with Gasteiger partial charge in [-0.05, 0) is 48.5 Å². The summed E-state index contributed by atoms with van der Waals surface area (Å²) in [7, 11) is 0. The monoisotopic (exact) mass is 474 g/mol. The van der Waals surface area contributed by atoms with Crippen LogP contribution in [0.4, 0.5) is 0 Å². The van der Waals surface area contributed by atoms with E-state index in [1.807, 2.05) is 49.1 Å². The van der Waals surface area contributed by atoms with Crippen LogP contribution in [0, 0.1) is 17.3 Å². The molecule has 4 rings (SSSR count). The summed E-state index contributed by atoms with van der Waals surface area (Å²) < 4.78 is 0. The lowest BCUT2D eigenvalue weighted by Gasteiger charge is -2.34. The Morgan fingerprint density at radius 3 is 2.37 bits per heavy atom. The largest absolute Gasteiger partial charge is 0.478 e. The van der Waals surface area contributed by atoms with Gasteiger partial charge in [0.1, 0.15) is 0 Å². The molecular weight excluding hydrogens is 444 g/mol. The molecule has 1 aromatic carbocycles. The van der Waals surface area contributed by atoms with Crippen molar-refractivity contribution >= 4 is 29.3 Å². The number of carbonyl (C=O) groups is 4. The molecule has 1 saturated heterocycles. The third-order valence-electron chi connectivity index (χ3n) is 6.84. The van der Waals surface area contributed by atoms with Crippen LogP contribution in [0.5, 0.6) is 0 Å². The molecular formula is C28H30N2O5. The SMILES string of the molecule is CC(C)(CC(=O)N1CCC(C(=O)c2ccc(C(=O)O)cc2)CC1)CC1=NC(=O)C2C=CC=CC2=C1. The minimum atomic E-state index is -1.02. The van der Waals surface area contributed by atoms with Crippen LogP contribution in [-0.4, -0.2) is 52.4 Å². The van der Waals surface area contributed by atoms with Gasteiger partial charge in [-0.2, -0.15) is 0 Å². The number of carbonyl (C=O) groups excluding carboxylic acids is 3. The molecule has 1 aromatic rings. The van der Waals surface area contributed by atoms with Crippen LogP contribution in [-0.2, 0) is 9.59 Å². The van der Waals surface area contributed by atoms with Gasteiger partial charge >= 0.3 is 5.97 Å². The number of allylic oxidation sites excluding steroid dienone is 4. The summed E-state index contributed by atoms with van der Waals surface area (Å²) in [5, 5.41) is 9.02. The van der Waals surface area contributed by atoms with E-state index in [1.165, 1.54) is 12.1 Å². The topological polar surface area (TPSA) is 104 Å². The van der Waals surface area contributed by atoms with Gasteiger partial charge in [-0.3, -0.25) is 14.4 Å². The van der Waals surface area contributed by atoms with Crippen molar-refractivity contribution in [2.45, 2.75) is 39.5 Å². The van der Waals surface area contributed by atoms with Gasteiger partial charge in [-0.15, -0.1) is 0 Å². The number of rotatable bonds is 7. The zero-order valence-electron chi connectivity index (χ0n) is 20.1. The molecule has 0 saturated carbocycles. The average Bonchev–Trinajstić information content (AvgIpc) is 2.83. The Labute approximate surface area is 204 Å². The third kappa shape index (κ3) is 5.73. The van der Waals surface area contributed by atoms with E-state index >= 15 is 0 Å². The Kier molecular flexibility index (Phi) is 6.96. The number of amides is 2. The fourth-order valence-electron chi connectivity index (χ4n) is 4.92. The van der Waals surface area contributed by atoms with E-state index in [2.05, 4.69) is 4.99 Å². The van der Waals surface area contributed by atoms with Gasteiger partial charge in [0.15, 0.2) is 5.78 Å². The number of benzene rings is 1. The molecule has 1 unspecified atom stereocenters. The summed E-state index contributed by atoms with van der Waals surface area (Å²) in [6.45, 7) is 5.05. The summed E-state index contributed by atoms with van der Waals surface area (Å²) in [6, 6.07) is 6.00. The van der Waals surface area contributed by atoms with Gasteiger partial charge in [-0.1, -0.05) is 50.3 Å². The number of likely N-dealkylation sites (tertiary alicyclic amines) is 1. The van der Waals surface area contributed by atoms with E-state index in [0.29, 0.717) is 50.0 Å². The maximum absolute atomic E-state index is 13.0. The van der Waals surface area contributed by atoms with Crippen LogP contribution in [0.3, 0.4) is 0 Å². The maximum Gasteiger partial charge on any atom is 0.335 e. The van der Waals surface area contributed by atoms with Crippen LogP contribution in [0.25, 0.3) is 0 Å². The Morgan fingerprint density at radius 2 is 1.71 bits per heavy atom. The Bertz CT molecular complexity index is 1160. The molecule has 1 fully saturated rings. The van der Waals surface area contributed by atoms with Crippen molar-refractivity contribution in [1.29, 1.82) is 0 Å². The number of carboxylic acids is 1. The summed E-state index contributed by atoms with van der Waals surface area (Å²) in [5.41, 5.74) is 1.93. The molecule has 35 heavy (non-hydrogen) atoms. The van der Waals surface area contributed by atoms with E-state index in [1.54, 1.807) is 12.1 Å². The first-order valence-corrected chi connectivity index (χ1v) is 12.0. The molecule has 1 atom stereocenters. The molecule has 0 aromatic heterocycles. The van der Waals surface area contributed by atoms with E-state index in [9.17, 15) is 19.2 Å². The second kappa shape index (κ2) is 9.94. The minimum absolute atomic E-state index is 0.00714. The fraction of sp³-hybridized carbons (Fsp3) is 0.393. The predicted octanol–water partition coefficient (Wildman–Crippen LogP) is 4.26. The fourth-order valence-corrected chi connectivity index (χ4v) is 4.92. The van der Waals surface area contributed by atoms with E-state index in [-0.39, 0.29) is 40.4 Å². The zero-order chi connectivity index (χ0) is 25.2. The smallest absolute Gasteiger partial charge is 0.335 e. The maximum atomic E-state index is 13.0. The van der Waals surface area contributed by atoms with Crippen LogP contribution >= 0.6 is 0 Å². The van der Waals surface area contributed by atoms with Crippen molar-refractivity contribution in [2.75, 3.05) is 13.1 Å². The lowest BCUT2D eigenvalue weighted by atomic mass is 9.80. The molecule has 182 valence electrons. The molecule has 1 N–H and O–H groups in total. The Balaban J connectivity index is 1.30. The molecule has 7 heteroatoms. The zero-order valence-corrected chi connectivity index (χ0v) is 20.1. The van der Waals surface area contributed by atoms with Gasteiger partial charge in [0.25, 0.3) is 5.91 Å². The van der Waals surface area contributed by atoms with Crippen LogP contribution in [0.2, 0.25) is 0 Å². The molecule has 2 heterocycles. The molecule has 3 aliphatic rings. The highest BCUT2D eigenvalue weighted by molar-refractivity contribution is 6.08. The molecule has 0 spiro atoms. The normalized spacial score (nSPS) is 20.2. The third-order valence-corrected chi connectivity index (χ3v) is 6.84. The van der Waals surface area contributed by atoms with E-state index < -0.39 is 5.97 Å². The number of piperidine rings is 1. The number of hydrogen-bond acceptors (Lipinski definition) is 4. The number of carboxylic acid groups (broad SMARTS) is 1. The van der Waals surface area contributed by atoms with Crippen molar-refractivity contribution in [2.24, 2.45) is 22.2 Å². The van der Waals surface area contributed by atoms with Crippen molar-refractivity contribution in [3.63, 3.8) is 0 Å². The van der Waals surface area contributed by atoms with Gasteiger partial charge < -0.3 is 10.0 Å². The first-order valence-electron chi connectivity index (χ1n) is 12.0. The van der Waals surface area contributed by atoms with Crippen LogP contribution in [0.1, 0.15) is 60.2 Å². The second-order valence-electron chi connectivity index (χ2n) is 10.2. The first kappa shape index (κ1) is 24.5. The predicted molar refractivity (Wildman–Crippen MR) is 132 cm³/mol. The summed E-state index contributed by atoms with van der Waals surface area (Å²) in [5.74, 6) is -1.63. The highest BCUT2D eigenvalue weighted by Crippen LogP contribution is 2.32.